The lowest BCUT2D eigenvalue weighted by Gasteiger charge is -2.16. The topological polar surface area (TPSA) is 65.2 Å². The van der Waals surface area contributed by atoms with Gasteiger partial charge in [-0.05, 0) is 20.8 Å². The average Bonchev–Trinajstić information content (AvgIpc) is 2.99. The SMILES string of the molecule is Cc1nn(C)c(C)c1CN(C)C(=O)c1nn2c(c1C)OCCC2. The fourth-order valence-corrected chi connectivity index (χ4v) is 2.99. The lowest BCUT2D eigenvalue weighted by Crippen LogP contribution is -2.27. The molecule has 23 heavy (non-hydrogen) atoms. The van der Waals surface area contributed by atoms with Crippen LogP contribution in [-0.2, 0) is 20.1 Å². The summed E-state index contributed by atoms with van der Waals surface area (Å²) in [4.78, 5) is 14.5. The molecule has 0 aromatic carbocycles. The summed E-state index contributed by atoms with van der Waals surface area (Å²) >= 11 is 0. The summed E-state index contributed by atoms with van der Waals surface area (Å²) < 4.78 is 9.28. The van der Waals surface area contributed by atoms with Gasteiger partial charge in [0.25, 0.3) is 5.91 Å². The van der Waals surface area contributed by atoms with E-state index in [1.807, 2.05) is 32.5 Å². The molecule has 0 atom stereocenters. The molecule has 0 radical (unpaired) electrons. The Morgan fingerprint density at radius 2 is 2.04 bits per heavy atom. The molecule has 3 rings (SSSR count). The Morgan fingerprint density at radius 3 is 2.65 bits per heavy atom. The van der Waals surface area contributed by atoms with E-state index in [2.05, 4.69) is 10.2 Å². The van der Waals surface area contributed by atoms with Gasteiger partial charge in [-0.2, -0.15) is 10.2 Å². The number of aryl methyl sites for hydroxylation is 3. The predicted molar refractivity (Wildman–Crippen MR) is 85.6 cm³/mol. The summed E-state index contributed by atoms with van der Waals surface area (Å²) in [6.45, 7) is 7.88. The Labute approximate surface area is 135 Å². The monoisotopic (exact) mass is 317 g/mol. The minimum absolute atomic E-state index is 0.0874. The van der Waals surface area contributed by atoms with E-state index in [-0.39, 0.29) is 5.91 Å². The molecule has 1 amide bonds. The van der Waals surface area contributed by atoms with E-state index in [9.17, 15) is 4.79 Å². The molecule has 0 unspecified atom stereocenters. The maximum Gasteiger partial charge on any atom is 0.274 e. The highest BCUT2D eigenvalue weighted by Gasteiger charge is 2.26. The quantitative estimate of drug-likeness (QED) is 0.862. The molecule has 1 aliphatic heterocycles. The van der Waals surface area contributed by atoms with E-state index in [4.69, 9.17) is 4.74 Å². The standard InChI is InChI=1S/C16H23N5O2/c1-10-14(18-21-7-6-8-23-16(10)21)15(22)19(4)9-13-11(2)17-20(5)12(13)3/h6-9H2,1-5H3. The summed E-state index contributed by atoms with van der Waals surface area (Å²) in [6, 6.07) is 0. The largest absolute Gasteiger partial charge is 0.478 e. The van der Waals surface area contributed by atoms with Crippen molar-refractivity contribution in [3.8, 4) is 5.88 Å². The first-order chi connectivity index (χ1) is 10.9. The van der Waals surface area contributed by atoms with Crippen molar-refractivity contribution in [3.63, 3.8) is 0 Å². The summed E-state index contributed by atoms with van der Waals surface area (Å²) in [5.41, 5.74) is 4.41. The number of rotatable bonds is 3. The van der Waals surface area contributed by atoms with Gasteiger partial charge in [-0.3, -0.25) is 9.48 Å². The molecule has 0 aliphatic carbocycles. The number of fused-ring (bicyclic) bond motifs is 1. The van der Waals surface area contributed by atoms with Gasteiger partial charge in [0.1, 0.15) is 0 Å². The number of ether oxygens (including phenoxy) is 1. The van der Waals surface area contributed by atoms with Gasteiger partial charge in [0.05, 0.1) is 12.3 Å². The van der Waals surface area contributed by atoms with Crippen LogP contribution in [0.4, 0.5) is 0 Å². The van der Waals surface area contributed by atoms with Crippen molar-refractivity contribution >= 4 is 5.91 Å². The highest BCUT2D eigenvalue weighted by atomic mass is 16.5. The molecular formula is C16H23N5O2. The van der Waals surface area contributed by atoms with Crippen LogP contribution in [0.15, 0.2) is 0 Å². The van der Waals surface area contributed by atoms with E-state index in [1.165, 1.54) is 0 Å². The van der Waals surface area contributed by atoms with Crippen molar-refractivity contribution < 1.29 is 9.53 Å². The second-order valence-corrected chi connectivity index (χ2v) is 6.14. The van der Waals surface area contributed by atoms with Gasteiger partial charge >= 0.3 is 0 Å². The van der Waals surface area contributed by atoms with E-state index in [1.54, 1.807) is 16.6 Å². The number of nitrogens with zero attached hydrogens (tertiary/aromatic N) is 5. The molecule has 0 spiro atoms. The first-order valence-electron chi connectivity index (χ1n) is 7.85. The van der Waals surface area contributed by atoms with Crippen LogP contribution in [0.1, 0.15) is 39.4 Å². The zero-order valence-electron chi connectivity index (χ0n) is 14.4. The predicted octanol–water partition coefficient (Wildman–Crippen LogP) is 1.60. The van der Waals surface area contributed by atoms with Crippen LogP contribution >= 0.6 is 0 Å². The van der Waals surface area contributed by atoms with Gasteiger partial charge in [-0.1, -0.05) is 0 Å². The highest BCUT2D eigenvalue weighted by Crippen LogP contribution is 2.26. The Kier molecular flexibility index (Phi) is 3.87. The Bertz CT molecular complexity index is 759. The molecule has 0 fully saturated rings. The minimum atomic E-state index is -0.0874. The third kappa shape index (κ3) is 2.60. The van der Waals surface area contributed by atoms with Crippen molar-refractivity contribution in [1.82, 2.24) is 24.5 Å². The van der Waals surface area contributed by atoms with Gasteiger partial charge in [0, 0.05) is 50.4 Å². The Morgan fingerprint density at radius 1 is 1.30 bits per heavy atom. The summed E-state index contributed by atoms with van der Waals surface area (Å²) in [5, 5.41) is 8.85. The number of amides is 1. The van der Waals surface area contributed by atoms with Crippen LogP contribution in [0.2, 0.25) is 0 Å². The fourth-order valence-electron chi connectivity index (χ4n) is 2.99. The lowest BCUT2D eigenvalue weighted by molar-refractivity contribution is 0.0777. The van der Waals surface area contributed by atoms with Crippen molar-refractivity contribution in [1.29, 1.82) is 0 Å². The zero-order valence-corrected chi connectivity index (χ0v) is 14.4. The molecule has 7 nitrogen and oxygen atoms in total. The number of carbonyl (C=O) groups is 1. The molecule has 124 valence electrons. The van der Waals surface area contributed by atoms with Crippen LogP contribution in [0.25, 0.3) is 0 Å². The smallest absolute Gasteiger partial charge is 0.274 e. The van der Waals surface area contributed by atoms with E-state index >= 15 is 0 Å². The number of hydrogen-bond acceptors (Lipinski definition) is 4. The number of aromatic nitrogens is 4. The third-order valence-electron chi connectivity index (χ3n) is 4.49. The molecular weight excluding hydrogens is 294 g/mol. The van der Waals surface area contributed by atoms with Gasteiger partial charge in [0.2, 0.25) is 5.88 Å². The number of carbonyl (C=O) groups excluding carboxylic acids is 1. The Hall–Kier alpha value is -2.31. The minimum Gasteiger partial charge on any atom is -0.478 e. The van der Waals surface area contributed by atoms with Gasteiger partial charge in [-0.25, -0.2) is 4.68 Å². The van der Waals surface area contributed by atoms with E-state index < -0.39 is 0 Å². The molecule has 7 heteroatoms. The maximum atomic E-state index is 12.8. The van der Waals surface area contributed by atoms with Crippen molar-refractivity contribution in [2.24, 2.45) is 7.05 Å². The molecule has 1 aliphatic rings. The summed E-state index contributed by atoms with van der Waals surface area (Å²) in [7, 11) is 3.71. The third-order valence-corrected chi connectivity index (χ3v) is 4.49. The average molecular weight is 317 g/mol. The van der Waals surface area contributed by atoms with Crippen LogP contribution < -0.4 is 4.74 Å². The number of hydrogen-bond donors (Lipinski definition) is 0. The van der Waals surface area contributed by atoms with Crippen LogP contribution in [-0.4, -0.2) is 44.0 Å². The van der Waals surface area contributed by atoms with Gasteiger partial charge in [0.15, 0.2) is 5.69 Å². The normalized spacial score (nSPS) is 13.6. The second kappa shape index (κ2) is 5.72. The molecule has 0 saturated heterocycles. The van der Waals surface area contributed by atoms with Crippen molar-refractivity contribution in [3.05, 3.63) is 28.2 Å². The zero-order chi connectivity index (χ0) is 16.7. The maximum absolute atomic E-state index is 12.8. The van der Waals surface area contributed by atoms with Crippen LogP contribution in [0.5, 0.6) is 5.88 Å². The highest BCUT2D eigenvalue weighted by molar-refractivity contribution is 5.94. The first-order valence-corrected chi connectivity index (χ1v) is 7.85. The van der Waals surface area contributed by atoms with Gasteiger partial charge < -0.3 is 9.64 Å². The van der Waals surface area contributed by atoms with E-state index in [0.717, 1.165) is 41.4 Å². The first kappa shape index (κ1) is 15.6. The van der Waals surface area contributed by atoms with E-state index in [0.29, 0.717) is 18.8 Å². The summed E-state index contributed by atoms with van der Waals surface area (Å²) in [5.74, 6) is 0.636. The van der Waals surface area contributed by atoms with Crippen molar-refractivity contribution in [2.45, 2.75) is 40.3 Å². The molecule has 0 saturated carbocycles. The van der Waals surface area contributed by atoms with Crippen LogP contribution in [0.3, 0.4) is 0 Å². The van der Waals surface area contributed by atoms with Gasteiger partial charge in [-0.15, -0.1) is 0 Å². The Balaban J connectivity index is 1.84. The molecule has 3 heterocycles. The second-order valence-electron chi connectivity index (χ2n) is 6.14. The lowest BCUT2D eigenvalue weighted by atomic mass is 10.1. The van der Waals surface area contributed by atoms with Crippen molar-refractivity contribution in [2.75, 3.05) is 13.7 Å². The molecule has 2 aromatic heterocycles. The summed E-state index contributed by atoms with van der Waals surface area (Å²) in [6.07, 6.45) is 0.922. The fraction of sp³-hybridized carbons (Fsp3) is 0.562. The molecule has 0 N–H and O–H groups in total. The molecule has 2 aromatic rings. The molecule has 0 bridgehead atoms. The van der Waals surface area contributed by atoms with Crippen LogP contribution in [0, 0.1) is 20.8 Å².